The number of likely N-dealkylation sites (tertiary alicyclic amines) is 1. The van der Waals surface area contributed by atoms with Crippen LogP contribution in [0.3, 0.4) is 0 Å². The molecular weight excluding hydrogens is 592 g/mol. The third-order valence-corrected chi connectivity index (χ3v) is 7.24. The summed E-state index contributed by atoms with van der Waals surface area (Å²) in [5, 5.41) is 10.5. The van der Waals surface area contributed by atoms with E-state index < -0.39 is 0 Å². The molecule has 1 aliphatic heterocycles. The van der Waals surface area contributed by atoms with Crippen molar-refractivity contribution in [3.63, 3.8) is 0 Å². The van der Waals surface area contributed by atoms with Crippen molar-refractivity contribution in [3.05, 3.63) is 70.8 Å². The first-order valence-electron chi connectivity index (χ1n) is 13.0. The summed E-state index contributed by atoms with van der Waals surface area (Å²) in [6.07, 6.45) is 3.81. The van der Waals surface area contributed by atoms with Gasteiger partial charge in [-0.25, -0.2) is 14.6 Å². The van der Waals surface area contributed by atoms with Crippen LogP contribution < -0.4 is 15.8 Å². The lowest BCUT2D eigenvalue weighted by atomic mass is 10.2. The average molecular weight is 617 g/mol. The fourth-order valence-electron chi connectivity index (χ4n) is 4.72. The van der Waals surface area contributed by atoms with Gasteiger partial charge < -0.3 is 20.7 Å². The molecule has 1 saturated heterocycles. The van der Waals surface area contributed by atoms with Gasteiger partial charge in [0, 0.05) is 47.8 Å². The molecule has 208 valence electrons. The summed E-state index contributed by atoms with van der Waals surface area (Å²) < 4.78 is 13.7. The van der Waals surface area contributed by atoms with E-state index in [4.69, 9.17) is 15.1 Å². The van der Waals surface area contributed by atoms with Crippen LogP contribution in [0, 0.1) is 0 Å². The highest BCUT2D eigenvalue weighted by Gasteiger charge is 2.22. The number of fused-ring (bicyclic) bond motifs is 1. The lowest BCUT2D eigenvalue weighted by molar-refractivity contribution is -0.127. The molecule has 0 bridgehead atoms. The largest absolute Gasteiger partial charge is 0.439 e. The Hall–Kier alpha value is -4.78. The Morgan fingerprint density at radius 1 is 1.15 bits per heavy atom. The SMILES string of the molecule is Nc1nonc1-c1nc2cnc(Oc3cccc(C(=O)NCCCN4CCCC4=O)c3)cc2n1-c1ccc(Br)cc1. The van der Waals surface area contributed by atoms with Gasteiger partial charge in [0.15, 0.2) is 17.3 Å². The van der Waals surface area contributed by atoms with Crippen LogP contribution in [-0.2, 0) is 4.79 Å². The number of nitrogens with two attached hydrogens (primary N) is 1. The number of nitrogen functional groups attached to an aromatic ring is 1. The number of aromatic nitrogens is 5. The summed E-state index contributed by atoms with van der Waals surface area (Å²) in [6.45, 7) is 1.91. The number of nitrogens with one attached hydrogen (secondary N) is 1. The van der Waals surface area contributed by atoms with E-state index in [0.717, 1.165) is 23.1 Å². The number of nitrogens with zero attached hydrogens (tertiary/aromatic N) is 6. The molecule has 5 aromatic rings. The number of benzene rings is 2. The topological polar surface area (TPSA) is 154 Å². The average Bonchev–Trinajstić information content (AvgIpc) is 3.69. The van der Waals surface area contributed by atoms with Crippen molar-refractivity contribution in [1.29, 1.82) is 0 Å². The second kappa shape index (κ2) is 11.4. The van der Waals surface area contributed by atoms with Crippen LogP contribution in [0.25, 0.3) is 28.2 Å². The number of halogens is 1. The van der Waals surface area contributed by atoms with E-state index in [1.807, 2.05) is 33.7 Å². The lowest BCUT2D eigenvalue weighted by Crippen LogP contribution is -2.30. The minimum atomic E-state index is -0.219. The Bertz CT molecular complexity index is 1730. The number of pyridine rings is 1. The number of hydrogen-bond donors (Lipinski definition) is 2. The van der Waals surface area contributed by atoms with Gasteiger partial charge in [0.2, 0.25) is 11.8 Å². The molecule has 1 fully saturated rings. The Kier molecular flexibility index (Phi) is 7.33. The minimum absolute atomic E-state index is 0.114. The molecule has 2 amide bonds. The number of carbonyl (C=O) groups is 2. The quantitative estimate of drug-likeness (QED) is 0.230. The fraction of sp³-hybridized carbons (Fsp3) is 0.214. The van der Waals surface area contributed by atoms with Crippen LogP contribution in [0.1, 0.15) is 29.6 Å². The van der Waals surface area contributed by atoms with Gasteiger partial charge in [0.05, 0.1) is 11.7 Å². The molecule has 2 aromatic carbocycles. The molecule has 3 aromatic heterocycles. The first-order chi connectivity index (χ1) is 20.0. The highest BCUT2D eigenvalue weighted by Crippen LogP contribution is 2.32. The normalized spacial score (nSPS) is 13.2. The zero-order valence-electron chi connectivity index (χ0n) is 21.8. The monoisotopic (exact) mass is 616 g/mol. The minimum Gasteiger partial charge on any atom is -0.439 e. The van der Waals surface area contributed by atoms with Gasteiger partial charge in [0.25, 0.3) is 5.91 Å². The Balaban J connectivity index is 1.22. The van der Waals surface area contributed by atoms with Crippen molar-refractivity contribution < 1.29 is 19.0 Å². The second-order valence-electron chi connectivity index (χ2n) is 9.48. The first kappa shape index (κ1) is 26.4. The molecule has 3 N–H and O–H groups in total. The maximum absolute atomic E-state index is 12.7. The van der Waals surface area contributed by atoms with Gasteiger partial charge in [-0.05, 0) is 65.6 Å². The van der Waals surface area contributed by atoms with E-state index in [1.54, 1.807) is 36.5 Å². The number of ether oxygens (including phenoxy) is 1. The zero-order valence-corrected chi connectivity index (χ0v) is 23.4. The molecule has 0 aliphatic carbocycles. The van der Waals surface area contributed by atoms with Crippen molar-refractivity contribution in [2.75, 3.05) is 25.4 Å². The van der Waals surface area contributed by atoms with Gasteiger partial charge in [-0.2, -0.15) is 0 Å². The highest BCUT2D eigenvalue weighted by atomic mass is 79.9. The highest BCUT2D eigenvalue weighted by molar-refractivity contribution is 9.10. The summed E-state index contributed by atoms with van der Waals surface area (Å²) in [7, 11) is 0. The first-order valence-corrected chi connectivity index (χ1v) is 13.8. The Morgan fingerprint density at radius 2 is 2.00 bits per heavy atom. The van der Waals surface area contributed by atoms with Crippen molar-refractivity contribution in [3.8, 4) is 28.8 Å². The van der Waals surface area contributed by atoms with Gasteiger partial charge in [0.1, 0.15) is 11.3 Å². The third kappa shape index (κ3) is 5.61. The number of imidazole rings is 1. The van der Waals surface area contributed by atoms with Crippen LogP contribution in [0.5, 0.6) is 11.6 Å². The van der Waals surface area contributed by atoms with Crippen molar-refractivity contribution >= 4 is 44.6 Å². The van der Waals surface area contributed by atoms with Gasteiger partial charge in [-0.15, -0.1) is 0 Å². The summed E-state index contributed by atoms with van der Waals surface area (Å²) in [5.74, 6) is 1.27. The fourth-order valence-corrected chi connectivity index (χ4v) is 4.98. The van der Waals surface area contributed by atoms with Gasteiger partial charge in [-0.3, -0.25) is 14.2 Å². The molecule has 0 atom stereocenters. The standard InChI is InChI=1S/C28H25BrN8O4/c29-18-7-9-19(10-8-18)37-22-15-23(32-16-21(22)33-27(37)25-26(30)35-41-34-25)40-20-5-1-4-17(14-20)28(39)31-11-3-13-36-12-2-6-24(36)38/h1,4-5,7-10,14-16H,2-3,6,11-13H2,(H2,30,35)(H,31,39). The van der Waals surface area contributed by atoms with Crippen molar-refractivity contribution in [2.24, 2.45) is 0 Å². The molecule has 0 unspecified atom stereocenters. The van der Waals surface area contributed by atoms with Crippen LogP contribution >= 0.6 is 15.9 Å². The number of carbonyl (C=O) groups excluding carboxylic acids is 2. The molecule has 12 nitrogen and oxygen atoms in total. The van der Waals surface area contributed by atoms with E-state index in [2.05, 4.69) is 41.5 Å². The maximum atomic E-state index is 12.7. The Morgan fingerprint density at radius 3 is 2.76 bits per heavy atom. The summed E-state index contributed by atoms with van der Waals surface area (Å²) in [5.41, 5.74) is 8.83. The molecule has 0 radical (unpaired) electrons. The number of rotatable bonds is 9. The smallest absolute Gasteiger partial charge is 0.251 e. The molecule has 0 saturated carbocycles. The van der Waals surface area contributed by atoms with Gasteiger partial charge >= 0.3 is 0 Å². The third-order valence-electron chi connectivity index (χ3n) is 6.71. The van der Waals surface area contributed by atoms with Crippen LogP contribution in [-0.4, -0.2) is 61.2 Å². The molecular formula is C28H25BrN8O4. The molecule has 1 aliphatic rings. The predicted molar refractivity (Wildman–Crippen MR) is 154 cm³/mol. The molecule has 4 heterocycles. The molecule has 13 heteroatoms. The molecule has 0 spiro atoms. The summed E-state index contributed by atoms with van der Waals surface area (Å²) >= 11 is 3.47. The number of anilines is 1. The van der Waals surface area contributed by atoms with Crippen LogP contribution in [0.15, 0.2) is 69.9 Å². The van der Waals surface area contributed by atoms with Crippen LogP contribution in [0.4, 0.5) is 5.82 Å². The van der Waals surface area contributed by atoms with E-state index in [-0.39, 0.29) is 17.6 Å². The van der Waals surface area contributed by atoms with Crippen molar-refractivity contribution in [2.45, 2.75) is 19.3 Å². The number of hydrogen-bond acceptors (Lipinski definition) is 9. The van der Waals surface area contributed by atoms with Crippen molar-refractivity contribution in [1.82, 2.24) is 35.1 Å². The summed E-state index contributed by atoms with van der Waals surface area (Å²) in [6, 6.07) is 16.3. The van der Waals surface area contributed by atoms with Gasteiger partial charge in [-0.1, -0.05) is 22.0 Å². The predicted octanol–water partition coefficient (Wildman–Crippen LogP) is 4.35. The number of amides is 2. The van der Waals surface area contributed by atoms with E-state index in [9.17, 15) is 9.59 Å². The van der Waals surface area contributed by atoms with Crippen LogP contribution in [0.2, 0.25) is 0 Å². The lowest BCUT2D eigenvalue weighted by Gasteiger charge is -2.15. The Labute approximate surface area is 242 Å². The zero-order chi connectivity index (χ0) is 28.3. The molecule has 41 heavy (non-hydrogen) atoms. The van der Waals surface area contributed by atoms with E-state index in [1.165, 1.54) is 0 Å². The van der Waals surface area contributed by atoms with E-state index in [0.29, 0.717) is 65.7 Å². The second-order valence-corrected chi connectivity index (χ2v) is 10.4. The molecule has 6 rings (SSSR count). The van der Waals surface area contributed by atoms with E-state index >= 15 is 0 Å². The maximum Gasteiger partial charge on any atom is 0.251 e. The summed E-state index contributed by atoms with van der Waals surface area (Å²) in [4.78, 5) is 35.4.